The predicted molar refractivity (Wildman–Crippen MR) is 96.6 cm³/mol. The number of rotatable bonds is 3. The summed E-state index contributed by atoms with van der Waals surface area (Å²) in [5.41, 5.74) is 2.27. The fraction of sp³-hybridized carbons (Fsp3) is 0.286. The molecule has 1 fully saturated rings. The molecule has 4 rings (SSSR count). The number of para-hydroxylation sites is 1. The lowest BCUT2D eigenvalue weighted by Gasteiger charge is -2.42. The zero-order valence-electron chi connectivity index (χ0n) is 14.3. The second-order valence-electron chi connectivity index (χ2n) is 6.90. The van der Waals surface area contributed by atoms with Crippen LogP contribution in [0.4, 0.5) is 4.39 Å². The Balaban J connectivity index is 1.70. The number of halogens is 1. The first-order chi connectivity index (χ1) is 12.5. The predicted octanol–water partition coefficient (Wildman–Crippen LogP) is 3.57. The summed E-state index contributed by atoms with van der Waals surface area (Å²) in [7, 11) is 0. The maximum atomic E-state index is 13.8. The van der Waals surface area contributed by atoms with Crippen LogP contribution in [-0.2, 0) is 4.79 Å². The Morgan fingerprint density at radius 3 is 2.65 bits per heavy atom. The van der Waals surface area contributed by atoms with Crippen LogP contribution in [0.2, 0.25) is 0 Å². The number of carboxylic acid groups (broad SMARTS) is 1. The van der Waals surface area contributed by atoms with Crippen molar-refractivity contribution in [2.45, 2.75) is 18.4 Å². The molecule has 2 heterocycles. The molecule has 0 bridgehead atoms. The van der Waals surface area contributed by atoms with Crippen LogP contribution in [0, 0.1) is 5.82 Å². The van der Waals surface area contributed by atoms with Gasteiger partial charge in [0.15, 0.2) is 0 Å². The van der Waals surface area contributed by atoms with E-state index in [2.05, 4.69) is 6.08 Å². The first-order valence-corrected chi connectivity index (χ1v) is 8.76. The summed E-state index contributed by atoms with van der Waals surface area (Å²) in [6.07, 6.45) is 3.50. The summed E-state index contributed by atoms with van der Waals surface area (Å²) < 4.78 is 20.1. The normalized spacial score (nSPS) is 18.7. The number of carbonyl (C=O) groups is 1. The van der Waals surface area contributed by atoms with Crippen molar-refractivity contribution in [1.29, 1.82) is 0 Å². The van der Waals surface area contributed by atoms with Crippen molar-refractivity contribution in [3.05, 3.63) is 71.6 Å². The number of fused-ring (bicyclic) bond motifs is 1. The van der Waals surface area contributed by atoms with Crippen molar-refractivity contribution in [3.63, 3.8) is 0 Å². The van der Waals surface area contributed by atoms with E-state index in [1.54, 1.807) is 12.1 Å². The van der Waals surface area contributed by atoms with Gasteiger partial charge in [-0.05, 0) is 35.4 Å². The molecule has 4 nitrogen and oxygen atoms in total. The first kappa shape index (κ1) is 16.8. The summed E-state index contributed by atoms with van der Waals surface area (Å²) in [6, 6.07) is 14.4. The third kappa shape index (κ3) is 3.22. The maximum Gasteiger partial charge on any atom is 0.317 e. The van der Waals surface area contributed by atoms with E-state index in [0.29, 0.717) is 25.9 Å². The minimum absolute atomic E-state index is 0.0487. The van der Waals surface area contributed by atoms with E-state index in [1.165, 1.54) is 6.07 Å². The Bertz CT molecular complexity index is 869. The van der Waals surface area contributed by atoms with Crippen LogP contribution in [-0.4, -0.2) is 41.2 Å². The van der Waals surface area contributed by atoms with Crippen LogP contribution in [0.5, 0.6) is 5.75 Å². The maximum absolute atomic E-state index is 13.8. The minimum atomic E-state index is -0.813. The van der Waals surface area contributed by atoms with Gasteiger partial charge in [0, 0.05) is 31.5 Å². The monoisotopic (exact) mass is 353 g/mol. The van der Waals surface area contributed by atoms with Crippen molar-refractivity contribution in [1.82, 2.24) is 4.90 Å². The molecule has 5 heteroatoms. The molecular formula is C21H20FNO3. The topological polar surface area (TPSA) is 49.8 Å². The molecule has 0 aromatic heterocycles. The van der Waals surface area contributed by atoms with E-state index in [0.717, 1.165) is 22.4 Å². The third-order valence-corrected chi connectivity index (χ3v) is 5.09. The first-order valence-electron chi connectivity index (χ1n) is 8.76. The Hall–Kier alpha value is -2.66. The molecule has 2 aliphatic heterocycles. The molecule has 0 atom stereocenters. The van der Waals surface area contributed by atoms with Gasteiger partial charge in [-0.25, -0.2) is 4.39 Å². The van der Waals surface area contributed by atoms with Crippen molar-refractivity contribution >= 4 is 11.5 Å². The fourth-order valence-corrected chi connectivity index (χ4v) is 3.79. The molecule has 1 saturated heterocycles. The highest BCUT2D eigenvalue weighted by Gasteiger charge is 2.39. The third-order valence-electron chi connectivity index (χ3n) is 5.09. The Morgan fingerprint density at radius 1 is 1.15 bits per heavy atom. The van der Waals surface area contributed by atoms with Crippen molar-refractivity contribution < 1.29 is 19.0 Å². The summed E-state index contributed by atoms with van der Waals surface area (Å²) in [5.74, 6) is -0.287. The molecule has 0 saturated carbocycles. The van der Waals surface area contributed by atoms with Gasteiger partial charge in [0.25, 0.3) is 0 Å². The van der Waals surface area contributed by atoms with Gasteiger partial charge in [-0.15, -0.1) is 0 Å². The lowest BCUT2D eigenvalue weighted by molar-refractivity contribution is -0.139. The van der Waals surface area contributed by atoms with E-state index in [9.17, 15) is 9.18 Å². The Labute approximate surface area is 151 Å². The summed E-state index contributed by atoms with van der Waals surface area (Å²) in [6.45, 7) is 1.36. The SMILES string of the molecule is O=C(O)CN1CCC2(C=C(c3cccc(F)c3)c3ccccc3O2)CC1. The zero-order valence-corrected chi connectivity index (χ0v) is 14.3. The van der Waals surface area contributed by atoms with Crippen LogP contribution in [0.3, 0.4) is 0 Å². The molecule has 2 aliphatic rings. The number of carboxylic acids is 1. The molecule has 0 radical (unpaired) electrons. The number of hydrogen-bond acceptors (Lipinski definition) is 3. The van der Waals surface area contributed by atoms with E-state index >= 15 is 0 Å². The van der Waals surface area contributed by atoms with Gasteiger partial charge in [-0.3, -0.25) is 9.69 Å². The van der Waals surface area contributed by atoms with E-state index < -0.39 is 11.6 Å². The molecule has 134 valence electrons. The number of piperidine rings is 1. The lowest BCUT2D eigenvalue weighted by Crippen LogP contribution is -2.49. The van der Waals surface area contributed by atoms with E-state index in [4.69, 9.17) is 9.84 Å². The van der Waals surface area contributed by atoms with Crippen LogP contribution in [0.1, 0.15) is 24.0 Å². The minimum Gasteiger partial charge on any atom is -0.482 e. The average Bonchev–Trinajstić information content (AvgIpc) is 2.63. The second kappa shape index (κ2) is 6.57. The standard InChI is InChI=1S/C21H20FNO3/c22-16-5-3-4-15(12-16)18-13-21(26-19-7-2-1-6-17(18)19)8-10-23(11-9-21)14-20(24)25/h1-7,12-13H,8-11,14H2,(H,24,25). The van der Waals surface area contributed by atoms with Gasteiger partial charge in [0.05, 0.1) is 6.54 Å². The van der Waals surface area contributed by atoms with E-state index in [1.807, 2.05) is 35.2 Å². The van der Waals surface area contributed by atoms with Gasteiger partial charge < -0.3 is 9.84 Å². The Morgan fingerprint density at radius 2 is 1.92 bits per heavy atom. The van der Waals surface area contributed by atoms with Crippen LogP contribution in [0.15, 0.2) is 54.6 Å². The number of likely N-dealkylation sites (tertiary alicyclic amines) is 1. The summed E-state index contributed by atoms with van der Waals surface area (Å²) in [5, 5.41) is 8.99. The smallest absolute Gasteiger partial charge is 0.317 e. The Kier molecular flexibility index (Phi) is 4.24. The summed E-state index contributed by atoms with van der Waals surface area (Å²) >= 11 is 0. The average molecular weight is 353 g/mol. The van der Waals surface area contributed by atoms with Gasteiger partial charge >= 0.3 is 5.97 Å². The zero-order chi connectivity index (χ0) is 18.1. The van der Waals surface area contributed by atoms with Crippen molar-refractivity contribution in [2.24, 2.45) is 0 Å². The second-order valence-corrected chi connectivity index (χ2v) is 6.90. The molecule has 1 spiro atoms. The van der Waals surface area contributed by atoms with Crippen molar-refractivity contribution in [3.8, 4) is 5.75 Å². The van der Waals surface area contributed by atoms with E-state index in [-0.39, 0.29) is 12.4 Å². The fourth-order valence-electron chi connectivity index (χ4n) is 3.79. The molecule has 26 heavy (non-hydrogen) atoms. The van der Waals surface area contributed by atoms with Gasteiger partial charge in [-0.2, -0.15) is 0 Å². The molecule has 0 amide bonds. The molecule has 2 aromatic carbocycles. The number of ether oxygens (including phenoxy) is 1. The summed E-state index contributed by atoms with van der Waals surface area (Å²) in [4.78, 5) is 12.9. The van der Waals surface area contributed by atoms with Crippen LogP contribution in [0.25, 0.3) is 5.57 Å². The number of aliphatic carboxylic acids is 1. The van der Waals surface area contributed by atoms with Gasteiger partial charge in [0.2, 0.25) is 0 Å². The quantitative estimate of drug-likeness (QED) is 0.917. The molecule has 2 aromatic rings. The van der Waals surface area contributed by atoms with Gasteiger partial charge in [-0.1, -0.05) is 30.3 Å². The highest BCUT2D eigenvalue weighted by atomic mass is 19.1. The number of hydrogen-bond donors (Lipinski definition) is 1. The van der Waals surface area contributed by atoms with Gasteiger partial charge in [0.1, 0.15) is 17.2 Å². The molecule has 1 N–H and O–H groups in total. The van der Waals surface area contributed by atoms with Crippen LogP contribution >= 0.6 is 0 Å². The lowest BCUT2D eigenvalue weighted by atomic mass is 9.83. The van der Waals surface area contributed by atoms with Crippen LogP contribution < -0.4 is 4.74 Å². The number of benzene rings is 2. The molecule has 0 aliphatic carbocycles. The molecular weight excluding hydrogens is 333 g/mol. The van der Waals surface area contributed by atoms with Crippen molar-refractivity contribution in [2.75, 3.05) is 19.6 Å². The molecule has 0 unspecified atom stereocenters. The highest BCUT2D eigenvalue weighted by Crippen LogP contribution is 2.43. The largest absolute Gasteiger partial charge is 0.482 e. The highest BCUT2D eigenvalue weighted by molar-refractivity contribution is 5.84. The number of nitrogens with zero attached hydrogens (tertiary/aromatic N) is 1.